The molecule has 0 amide bonds. The molecule has 6 atom stereocenters. The summed E-state index contributed by atoms with van der Waals surface area (Å²) in [6.45, 7) is 8.48. The Morgan fingerprint density at radius 2 is 1.88 bits per heavy atom. The monoisotopic (exact) mass is 346 g/mol. The number of carbonyl (C=O) groups is 2. The van der Waals surface area contributed by atoms with E-state index < -0.39 is 0 Å². The molecule has 0 N–H and O–H groups in total. The van der Waals surface area contributed by atoms with E-state index in [0.717, 1.165) is 51.4 Å². The summed E-state index contributed by atoms with van der Waals surface area (Å²) in [6.07, 6.45) is 8.16. The van der Waals surface area contributed by atoms with E-state index in [2.05, 4.69) is 20.4 Å². The number of rotatable bonds is 2. The number of hydrogen-bond donors (Lipinski definition) is 0. The molecule has 0 bridgehead atoms. The van der Waals surface area contributed by atoms with Gasteiger partial charge >= 0.3 is 11.9 Å². The van der Waals surface area contributed by atoms with Gasteiger partial charge in [-0.2, -0.15) is 0 Å². The lowest BCUT2D eigenvalue weighted by atomic mass is 9.53. The van der Waals surface area contributed by atoms with Crippen molar-refractivity contribution >= 4 is 11.9 Å². The van der Waals surface area contributed by atoms with Crippen LogP contribution in [-0.2, 0) is 19.1 Å². The summed E-state index contributed by atoms with van der Waals surface area (Å²) in [5.41, 5.74) is 0.811. The Morgan fingerprint density at radius 1 is 1.20 bits per heavy atom. The van der Waals surface area contributed by atoms with Gasteiger partial charge in [0, 0.05) is 17.4 Å². The Bertz CT molecular complexity index is 591. The molecule has 138 valence electrons. The van der Waals surface area contributed by atoms with E-state index in [0.29, 0.717) is 5.57 Å². The number of fused-ring (bicyclic) bond motifs is 3. The second kappa shape index (κ2) is 6.14. The fourth-order valence-corrected chi connectivity index (χ4v) is 6.11. The van der Waals surface area contributed by atoms with Gasteiger partial charge in [-0.25, -0.2) is 4.79 Å². The minimum absolute atomic E-state index is 0.00172. The third-order valence-electron chi connectivity index (χ3n) is 7.64. The SMILES string of the molecule is C=C1C(=O)O[C@@H]2C3[C@@H](C)[C@@H](OC(=O)C4CCCC4)CC[C@]3(C)CC[C@@H]12. The zero-order valence-corrected chi connectivity index (χ0v) is 15.5. The van der Waals surface area contributed by atoms with E-state index in [-0.39, 0.29) is 53.2 Å². The van der Waals surface area contributed by atoms with Crippen LogP contribution in [0.15, 0.2) is 12.2 Å². The van der Waals surface area contributed by atoms with E-state index in [1.54, 1.807) is 0 Å². The van der Waals surface area contributed by atoms with Crippen LogP contribution >= 0.6 is 0 Å². The highest BCUT2D eigenvalue weighted by atomic mass is 16.6. The van der Waals surface area contributed by atoms with E-state index in [4.69, 9.17) is 9.47 Å². The predicted molar refractivity (Wildman–Crippen MR) is 93.6 cm³/mol. The zero-order valence-electron chi connectivity index (χ0n) is 15.5. The van der Waals surface area contributed by atoms with Crippen molar-refractivity contribution in [2.24, 2.45) is 29.1 Å². The van der Waals surface area contributed by atoms with Gasteiger partial charge in [-0.1, -0.05) is 33.3 Å². The Morgan fingerprint density at radius 3 is 2.60 bits per heavy atom. The normalized spacial score (nSPS) is 44.2. The largest absolute Gasteiger partial charge is 0.462 e. The van der Waals surface area contributed by atoms with Crippen LogP contribution in [0, 0.1) is 29.1 Å². The zero-order chi connectivity index (χ0) is 17.8. The van der Waals surface area contributed by atoms with E-state index in [9.17, 15) is 9.59 Å². The topological polar surface area (TPSA) is 52.6 Å². The highest BCUT2D eigenvalue weighted by Crippen LogP contribution is 2.58. The van der Waals surface area contributed by atoms with Crippen molar-refractivity contribution in [3.05, 3.63) is 12.2 Å². The maximum Gasteiger partial charge on any atom is 0.334 e. The minimum atomic E-state index is -0.225. The second-order valence-electron chi connectivity index (χ2n) is 9.07. The average molecular weight is 346 g/mol. The molecule has 4 fully saturated rings. The van der Waals surface area contributed by atoms with Crippen LogP contribution in [0.25, 0.3) is 0 Å². The van der Waals surface area contributed by atoms with Gasteiger partial charge < -0.3 is 9.47 Å². The van der Waals surface area contributed by atoms with Crippen molar-refractivity contribution in [1.82, 2.24) is 0 Å². The molecule has 0 aromatic carbocycles. The van der Waals surface area contributed by atoms with Crippen molar-refractivity contribution in [2.75, 3.05) is 0 Å². The van der Waals surface area contributed by atoms with Crippen LogP contribution in [0.3, 0.4) is 0 Å². The smallest absolute Gasteiger partial charge is 0.334 e. The first-order valence-corrected chi connectivity index (χ1v) is 10.0. The number of esters is 2. The molecule has 1 saturated heterocycles. The van der Waals surface area contributed by atoms with Gasteiger partial charge in [-0.15, -0.1) is 0 Å². The summed E-state index contributed by atoms with van der Waals surface area (Å²) in [5.74, 6) is 0.496. The molecule has 0 radical (unpaired) electrons. The maximum atomic E-state index is 12.5. The maximum absolute atomic E-state index is 12.5. The molecule has 4 rings (SSSR count). The van der Waals surface area contributed by atoms with Crippen molar-refractivity contribution in [3.8, 4) is 0 Å². The molecular weight excluding hydrogens is 316 g/mol. The molecule has 25 heavy (non-hydrogen) atoms. The van der Waals surface area contributed by atoms with Gasteiger partial charge in [0.2, 0.25) is 0 Å². The number of carbonyl (C=O) groups excluding carboxylic acids is 2. The van der Waals surface area contributed by atoms with Crippen molar-refractivity contribution < 1.29 is 19.1 Å². The Balaban J connectivity index is 1.52. The van der Waals surface area contributed by atoms with Gasteiger partial charge in [0.05, 0.1) is 5.92 Å². The van der Waals surface area contributed by atoms with Gasteiger partial charge in [-0.3, -0.25) is 4.79 Å². The lowest BCUT2D eigenvalue weighted by molar-refractivity contribution is -0.178. The van der Waals surface area contributed by atoms with E-state index in [1.165, 1.54) is 0 Å². The molecule has 4 aliphatic rings. The summed E-state index contributed by atoms with van der Waals surface area (Å²) < 4.78 is 11.7. The second-order valence-corrected chi connectivity index (χ2v) is 9.07. The van der Waals surface area contributed by atoms with Gasteiger partial charge in [0.25, 0.3) is 0 Å². The molecule has 0 spiro atoms. The number of ether oxygens (including phenoxy) is 2. The first-order chi connectivity index (χ1) is 11.9. The summed E-state index contributed by atoms with van der Waals surface area (Å²) in [5, 5.41) is 0. The van der Waals surface area contributed by atoms with Crippen LogP contribution < -0.4 is 0 Å². The highest BCUT2D eigenvalue weighted by Gasteiger charge is 2.58. The summed E-state index contributed by atoms with van der Waals surface area (Å²) >= 11 is 0. The van der Waals surface area contributed by atoms with Gasteiger partial charge in [-0.05, 0) is 49.9 Å². The third kappa shape index (κ3) is 2.72. The fraction of sp³-hybridized carbons (Fsp3) is 0.810. The molecule has 0 aromatic rings. The van der Waals surface area contributed by atoms with Crippen LogP contribution in [0.1, 0.15) is 65.2 Å². The van der Waals surface area contributed by atoms with Crippen LogP contribution in [0.2, 0.25) is 0 Å². The van der Waals surface area contributed by atoms with Crippen LogP contribution in [-0.4, -0.2) is 24.1 Å². The molecule has 4 heteroatoms. The average Bonchev–Trinajstić information content (AvgIpc) is 3.20. The molecule has 1 heterocycles. The quantitative estimate of drug-likeness (QED) is 0.559. The Labute approximate surface area is 150 Å². The van der Waals surface area contributed by atoms with Crippen molar-refractivity contribution in [2.45, 2.75) is 77.4 Å². The molecule has 3 aliphatic carbocycles. The number of hydrogen-bond acceptors (Lipinski definition) is 4. The lowest BCUT2D eigenvalue weighted by Crippen LogP contribution is -2.53. The standard InChI is InChI=1S/C21H30O4/c1-12-15-8-10-21(3)11-9-16(24-20(23)14-6-4-5-7-14)13(2)17(21)18(15)25-19(12)22/h13-18H,1,4-11H2,2-3H3/t13-,15-,16-,17?,18-,21-/m0/s1. The lowest BCUT2D eigenvalue weighted by Gasteiger charge is -2.54. The third-order valence-corrected chi connectivity index (χ3v) is 7.64. The van der Waals surface area contributed by atoms with Gasteiger partial charge in [0.1, 0.15) is 12.2 Å². The molecule has 1 aliphatic heterocycles. The van der Waals surface area contributed by atoms with Crippen molar-refractivity contribution in [3.63, 3.8) is 0 Å². The summed E-state index contributed by atoms with van der Waals surface area (Å²) in [4.78, 5) is 24.6. The molecule has 0 aromatic heterocycles. The minimum Gasteiger partial charge on any atom is -0.462 e. The Kier molecular flexibility index (Phi) is 4.20. The molecule has 4 nitrogen and oxygen atoms in total. The molecular formula is C21H30O4. The molecule has 3 saturated carbocycles. The Hall–Kier alpha value is -1.32. The van der Waals surface area contributed by atoms with Gasteiger partial charge in [0.15, 0.2) is 0 Å². The van der Waals surface area contributed by atoms with E-state index >= 15 is 0 Å². The van der Waals surface area contributed by atoms with Crippen LogP contribution in [0.4, 0.5) is 0 Å². The predicted octanol–water partition coefficient (Wildman–Crippen LogP) is 4.03. The van der Waals surface area contributed by atoms with E-state index in [1.807, 2.05) is 0 Å². The molecule has 1 unspecified atom stereocenters. The first kappa shape index (κ1) is 17.1. The summed E-state index contributed by atoms with van der Waals surface area (Å²) in [6, 6.07) is 0. The van der Waals surface area contributed by atoms with Crippen LogP contribution in [0.5, 0.6) is 0 Å². The first-order valence-electron chi connectivity index (χ1n) is 10.0. The fourth-order valence-electron chi connectivity index (χ4n) is 6.11. The summed E-state index contributed by atoms with van der Waals surface area (Å²) in [7, 11) is 0. The van der Waals surface area contributed by atoms with Crippen molar-refractivity contribution in [1.29, 1.82) is 0 Å². The highest BCUT2D eigenvalue weighted by molar-refractivity contribution is 5.90.